The van der Waals surface area contributed by atoms with Gasteiger partial charge >= 0.3 is 18.0 Å². The van der Waals surface area contributed by atoms with Crippen LogP contribution in [0.3, 0.4) is 0 Å². The van der Waals surface area contributed by atoms with E-state index in [0.29, 0.717) is 17.2 Å². The highest BCUT2D eigenvalue weighted by Gasteiger charge is 2.38. The molecule has 154 valence electrons. The van der Waals surface area contributed by atoms with E-state index in [1.165, 1.54) is 30.5 Å². The van der Waals surface area contributed by atoms with Crippen LogP contribution in [0.1, 0.15) is 23.5 Å². The van der Waals surface area contributed by atoms with Gasteiger partial charge in [0.15, 0.2) is 5.76 Å². The zero-order valence-electron chi connectivity index (χ0n) is 15.3. The second-order valence-corrected chi connectivity index (χ2v) is 7.38. The predicted octanol–water partition coefficient (Wildman–Crippen LogP) is 2.67. The summed E-state index contributed by atoms with van der Waals surface area (Å²) in [5.41, 5.74) is 0.513. The Labute approximate surface area is 164 Å². The average Bonchev–Trinajstić information content (AvgIpc) is 3.28. The molecule has 4 rings (SSSR count). The minimum atomic E-state index is -4.96. The summed E-state index contributed by atoms with van der Waals surface area (Å²) >= 11 is 0. The van der Waals surface area contributed by atoms with Crippen LogP contribution in [0.25, 0.3) is 11.3 Å². The highest BCUT2D eigenvalue weighted by atomic mass is 19.4. The second kappa shape index (κ2) is 7.51. The molecule has 2 aliphatic heterocycles. The molecular formula is C19H19F3N4O3. The maximum absolute atomic E-state index is 12.4. The number of benzene rings is 1. The zero-order valence-corrected chi connectivity index (χ0v) is 15.3. The van der Waals surface area contributed by atoms with Crippen LogP contribution in [0.5, 0.6) is 0 Å². The summed E-state index contributed by atoms with van der Waals surface area (Å²) in [7, 11) is 0. The van der Waals surface area contributed by atoms with Crippen molar-refractivity contribution in [2.75, 3.05) is 25.0 Å². The fourth-order valence-corrected chi connectivity index (χ4v) is 3.84. The Bertz CT molecular complexity index is 898. The fourth-order valence-electron chi connectivity index (χ4n) is 3.84. The van der Waals surface area contributed by atoms with Gasteiger partial charge in [-0.25, -0.2) is 4.98 Å². The molecule has 0 radical (unpaired) electrons. The van der Waals surface area contributed by atoms with E-state index in [2.05, 4.69) is 15.2 Å². The summed E-state index contributed by atoms with van der Waals surface area (Å²) in [4.78, 5) is 29.7. The Kier molecular flexibility index (Phi) is 5.03. The molecule has 2 amide bonds. The van der Waals surface area contributed by atoms with E-state index in [4.69, 9.17) is 4.42 Å². The molecule has 1 aromatic carbocycles. The second-order valence-electron chi connectivity index (χ2n) is 7.38. The lowest BCUT2D eigenvalue weighted by molar-refractivity contribution is -0.167. The van der Waals surface area contributed by atoms with Gasteiger partial charge in [-0.15, -0.1) is 0 Å². The third kappa shape index (κ3) is 4.42. The largest absolute Gasteiger partial charge is 0.471 e. The number of hydrogen-bond acceptors (Lipinski definition) is 5. The van der Waals surface area contributed by atoms with Crippen LogP contribution in [-0.2, 0) is 4.79 Å². The smallest absolute Gasteiger partial charge is 0.432 e. The monoisotopic (exact) mass is 408 g/mol. The number of piperidine rings is 1. The Morgan fingerprint density at radius 3 is 2.62 bits per heavy atom. The first-order valence-corrected chi connectivity index (χ1v) is 9.25. The molecule has 2 aromatic rings. The Morgan fingerprint density at radius 1 is 1.17 bits per heavy atom. The van der Waals surface area contributed by atoms with Crippen molar-refractivity contribution in [2.45, 2.75) is 25.1 Å². The first-order chi connectivity index (χ1) is 13.8. The summed E-state index contributed by atoms with van der Waals surface area (Å²) in [5, 5.41) is 4.72. The van der Waals surface area contributed by atoms with Gasteiger partial charge in [-0.2, -0.15) is 13.2 Å². The standard InChI is InChI=1S/C19H19F3N4O3/c20-19(21,22)18(28)25-13-3-1-12(2-4-13)15-8-23-17(29-15)16(27)24-14-7-11-5-6-26(9-11)10-14/h1-4,8,11,14H,5-7,9-10H2,(H,24,27)(H,25,28)/t11-,14-/m1/s1. The topological polar surface area (TPSA) is 87.5 Å². The van der Waals surface area contributed by atoms with Gasteiger partial charge in [0.1, 0.15) is 0 Å². The number of carbonyl (C=O) groups is 2. The third-order valence-electron chi connectivity index (χ3n) is 5.19. The van der Waals surface area contributed by atoms with Crippen LogP contribution in [0.4, 0.5) is 18.9 Å². The van der Waals surface area contributed by atoms with Crippen molar-refractivity contribution in [1.29, 1.82) is 0 Å². The van der Waals surface area contributed by atoms with E-state index in [1.54, 1.807) is 5.32 Å². The lowest BCUT2D eigenvalue weighted by atomic mass is 9.97. The van der Waals surface area contributed by atoms with Gasteiger partial charge in [0.2, 0.25) is 0 Å². The number of fused-ring (bicyclic) bond motifs is 2. The van der Waals surface area contributed by atoms with Gasteiger partial charge in [0.05, 0.1) is 6.20 Å². The molecule has 2 N–H and O–H groups in total. The molecule has 10 heteroatoms. The van der Waals surface area contributed by atoms with Crippen molar-refractivity contribution in [3.05, 3.63) is 36.4 Å². The van der Waals surface area contributed by atoms with E-state index in [0.717, 1.165) is 32.5 Å². The molecule has 2 saturated heterocycles. The molecule has 3 heterocycles. The van der Waals surface area contributed by atoms with Crippen molar-refractivity contribution in [3.8, 4) is 11.3 Å². The molecule has 0 spiro atoms. The quantitative estimate of drug-likeness (QED) is 0.812. The molecule has 0 saturated carbocycles. The van der Waals surface area contributed by atoms with Crippen LogP contribution in [0.2, 0.25) is 0 Å². The normalized spacial score (nSPS) is 23.6. The predicted molar refractivity (Wildman–Crippen MR) is 97.0 cm³/mol. The molecule has 29 heavy (non-hydrogen) atoms. The van der Waals surface area contributed by atoms with Gasteiger partial charge in [0, 0.05) is 30.4 Å². The number of rotatable bonds is 4. The van der Waals surface area contributed by atoms with Gasteiger partial charge in [-0.3, -0.25) is 9.59 Å². The minimum absolute atomic E-state index is 0.00418. The molecular weight excluding hydrogens is 389 g/mol. The van der Waals surface area contributed by atoms with Gasteiger partial charge in [-0.1, -0.05) is 0 Å². The molecule has 0 aliphatic carbocycles. The zero-order chi connectivity index (χ0) is 20.6. The maximum Gasteiger partial charge on any atom is 0.471 e. The lowest BCUT2D eigenvalue weighted by Gasteiger charge is -2.30. The van der Waals surface area contributed by atoms with Gasteiger partial charge in [0.25, 0.3) is 5.89 Å². The molecule has 1 aromatic heterocycles. The number of carbonyl (C=O) groups excluding carboxylic acids is 2. The molecule has 2 aliphatic rings. The van der Waals surface area contributed by atoms with Gasteiger partial charge < -0.3 is 20.0 Å². The Hall–Kier alpha value is -2.88. The third-order valence-corrected chi connectivity index (χ3v) is 5.19. The van der Waals surface area contributed by atoms with Gasteiger partial charge in [-0.05, 0) is 49.6 Å². The number of hydrogen-bond donors (Lipinski definition) is 2. The van der Waals surface area contributed by atoms with Crippen LogP contribution < -0.4 is 10.6 Å². The Morgan fingerprint density at radius 2 is 1.93 bits per heavy atom. The summed E-state index contributed by atoms with van der Waals surface area (Å²) in [6.07, 6.45) is -1.47. The van der Waals surface area contributed by atoms with Crippen LogP contribution in [0.15, 0.2) is 34.9 Å². The van der Waals surface area contributed by atoms with Crippen molar-refractivity contribution in [1.82, 2.24) is 15.2 Å². The van der Waals surface area contributed by atoms with E-state index in [-0.39, 0.29) is 17.6 Å². The minimum Gasteiger partial charge on any atom is -0.432 e. The molecule has 2 bridgehead atoms. The van der Waals surface area contributed by atoms with Crippen molar-refractivity contribution < 1.29 is 27.2 Å². The number of alkyl halides is 3. The number of amides is 2. The van der Waals surface area contributed by atoms with E-state index in [9.17, 15) is 22.8 Å². The van der Waals surface area contributed by atoms with Crippen LogP contribution in [-0.4, -0.2) is 53.6 Å². The lowest BCUT2D eigenvalue weighted by Crippen LogP contribution is -2.47. The first-order valence-electron chi connectivity index (χ1n) is 9.25. The van der Waals surface area contributed by atoms with E-state index < -0.39 is 18.0 Å². The number of nitrogens with one attached hydrogen (secondary N) is 2. The van der Waals surface area contributed by atoms with Crippen molar-refractivity contribution in [2.24, 2.45) is 5.92 Å². The number of nitrogens with zero attached hydrogens (tertiary/aromatic N) is 2. The summed E-state index contributed by atoms with van der Waals surface area (Å²) < 4.78 is 42.4. The fraction of sp³-hybridized carbons (Fsp3) is 0.421. The number of oxazole rings is 1. The molecule has 3 atom stereocenters. The molecule has 7 nitrogen and oxygen atoms in total. The maximum atomic E-state index is 12.4. The number of aromatic nitrogens is 1. The molecule has 2 fully saturated rings. The van der Waals surface area contributed by atoms with Crippen LogP contribution in [0, 0.1) is 5.92 Å². The summed E-state index contributed by atoms with van der Waals surface area (Å²) in [6, 6.07) is 5.64. The summed E-state index contributed by atoms with van der Waals surface area (Å²) in [5.74, 6) is -1.58. The average molecular weight is 408 g/mol. The van der Waals surface area contributed by atoms with E-state index in [1.807, 2.05) is 0 Å². The van der Waals surface area contributed by atoms with Crippen molar-refractivity contribution in [3.63, 3.8) is 0 Å². The van der Waals surface area contributed by atoms with Crippen LogP contribution >= 0.6 is 0 Å². The van der Waals surface area contributed by atoms with E-state index >= 15 is 0 Å². The SMILES string of the molecule is O=C(N[C@@H]1C[C@H]2CCN(C2)C1)c1ncc(-c2ccc(NC(=O)C(F)(F)F)cc2)o1. The van der Waals surface area contributed by atoms with Crippen molar-refractivity contribution >= 4 is 17.5 Å². The highest BCUT2D eigenvalue weighted by Crippen LogP contribution is 2.27. The molecule has 1 unspecified atom stereocenters. The Balaban J connectivity index is 1.38. The first kappa shape index (κ1) is 19.4. The number of halogens is 3. The summed E-state index contributed by atoms with van der Waals surface area (Å²) in [6.45, 7) is 2.98. The highest BCUT2D eigenvalue weighted by molar-refractivity contribution is 5.95. The number of anilines is 1.